The van der Waals surface area contributed by atoms with Crippen molar-refractivity contribution < 1.29 is 17.2 Å². The van der Waals surface area contributed by atoms with E-state index in [9.17, 15) is 9.59 Å². The van der Waals surface area contributed by atoms with Crippen LogP contribution in [-0.4, -0.2) is 49.0 Å². The number of nitrogens with zero attached hydrogens (tertiary/aromatic N) is 4. The third-order valence-corrected chi connectivity index (χ3v) is 6.46. The molecule has 0 unspecified atom stereocenters. The minimum Gasteiger partial charge on any atom is -0.444 e. The molecule has 0 spiro atoms. The molecule has 2 N–H and O–H groups in total. The summed E-state index contributed by atoms with van der Waals surface area (Å²) in [6.45, 7) is 10.4. The molecule has 198 valence electrons. The van der Waals surface area contributed by atoms with Gasteiger partial charge < -0.3 is 19.9 Å². The van der Waals surface area contributed by atoms with Gasteiger partial charge in [-0.2, -0.15) is 0 Å². The van der Waals surface area contributed by atoms with Crippen LogP contribution in [0.1, 0.15) is 61.8 Å². The summed E-state index contributed by atoms with van der Waals surface area (Å²) in [7, 11) is 0. The van der Waals surface area contributed by atoms with Gasteiger partial charge in [0.25, 0.3) is 5.91 Å². The molecule has 0 fully saturated rings. The van der Waals surface area contributed by atoms with Crippen LogP contribution in [0.5, 0.6) is 0 Å². The summed E-state index contributed by atoms with van der Waals surface area (Å²) in [5.74, 6) is 0.418. The quantitative estimate of drug-likeness (QED) is 0.318. The van der Waals surface area contributed by atoms with Gasteiger partial charge in [0, 0.05) is 27.4 Å². The van der Waals surface area contributed by atoms with Gasteiger partial charge >= 0.3 is 6.09 Å². The molecule has 0 aliphatic rings. The predicted molar refractivity (Wildman–Crippen MR) is 148 cm³/mol. The first-order valence-electron chi connectivity index (χ1n) is 12.1. The minimum absolute atomic E-state index is 0. The number of benzene rings is 1. The lowest BCUT2D eigenvalue weighted by Crippen LogP contribution is -2.38. The number of nitrogens with one attached hydrogen (secondary N) is 2. The second kappa shape index (κ2) is 11.1. The fraction of sp³-hybridized carbons (Fsp3) is 0.370. The molecule has 0 aliphatic heterocycles. The molecular weight excluding hydrogens is 488 g/mol. The van der Waals surface area contributed by atoms with Gasteiger partial charge in [0.1, 0.15) is 17.1 Å². The van der Waals surface area contributed by atoms with E-state index in [0.717, 1.165) is 32.9 Å². The minimum atomic E-state index is -0.625. The first kappa shape index (κ1) is 26.3. The highest BCUT2D eigenvalue weighted by Gasteiger charge is 2.24. The Bertz CT molecular complexity index is 1380. The molecule has 0 aliphatic carbocycles. The number of hydrogen-bond acceptors (Lipinski definition) is 7. The largest absolute Gasteiger partial charge is 0.444 e. The lowest BCUT2D eigenvalue weighted by Gasteiger charge is -2.26. The Morgan fingerprint density at radius 2 is 1.97 bits per heavy atom. The molecule has 0 saturated heterocycles. The van der Waals surface area contributed by atoms with Gasteiger partial charge in [-0.1, -0.05) is 18.2 Å². The van der Waals surface area contributed by atoms with E-state index in [1.165, 1.54) is 11.3 Å². The van der Waals surface area contributed by atoms with Crippen molar-refractivity contribution in [3.05, 3.63) is 75.3 Å². The summed E-state index contributed by atoms with van der Waals surface area (Å²) in [4.78, 5) is 44.0. The number of fused-ring (bicyclic) bond motifs is 1. The fourth-order valence-electron chi connectivity index (χ4n) is 3.77. The van der Waals surface area contributed by atoms with E-state index in [0.29, 0.717) is 31.0 Å². The van der Waals surface area contributed by atoms with Gasteiger partial charge in [0.2, 0.25) is 0 Å². The smallest absolute Gasteiger partial charge is 0.410 e. The average molecular weight is 525 g/mol. The number of ether oxygens (including phenoxy) is 1. The Hall–Kier alpha value is -3.79. The van der Waals surface area contributed by atoms with Crippen molar-refractivity contribution in [2.24, 2.45) is 0 Å². The zero-order chi connectivity index (χ0) is 26.6. The number of amides is 2. The van der Waals surface area contributed by atoms with Gasteiger partial charge in [0.05, 0.1) is 34.8 Å². The Balaban J connectivity index is 0.00000267. The summed E-state index contributed by atoms with van der Waals surface area (Å²) in [5.41, 5.74) is 4.42. The summed E-state index contributed by atoms with van der Waals surface area (Å²) >= 11 is 1.39. The number of para-hydroxylation sites is 2. The molecule has 10 heteroatoms. The van der Waals surface area contributed by atoms with Crippen LogP contribution in [0, 0.1) is 13.8 Å². The van der Waals surface area contributed by atoms with Crippen LogP contribution in [0.2, 0.25) is 0 Å². The number of imidazole rings is 1. The van der Waals surface area contributed by atoms with Crippen LogP contribution in [0.3, 0.4) is 0 Å². The Morgan fingerprint density at radius 1 is 1.19 bits per heavy atom. The van der Waals surface area contributed by atoms with Crippen LogP contribution >= 0.6 is 11.3 Å². The van der Waals surface area contributed by atoms with Crippen molar-refractivity contribution in [1.82, 2.24) is 30.2 Å². The lowest BCUT2D eigenvalue weighted by molar-refractivity contribution is 0.0231. The fourth-order valence-corrected chi connectivity index (χ4v) is 4.53. The zero-order valence-corrected chi connectivity index (χ0v) is 22.6. The molecule has 4 rings (SSSR count). The SMILES string of the molecule is Cc1cnc(CNC(=O)c2csc(CCN(Cc3nc4ccccc4[nH]3)C(=O)OC(C)(C)C)n2)c(C)c1.[HH].[HH]. The number of carbonyl (C=O) groups excluding carboxylic acids is 2. The molecule has 0 radical (unpaired) electrons. The highest BCUT2D eigenvalue weighted by molar-refractivity contribution is 7.09. The van der Waals surface area contributed by atoms with Crippen molar-refractivity contribution in [2.75, 3.05) is 6.54 Å². The summed E-state index contributed by atoms with van der Waals surface area (Å²) in [6.07, 6.45) is 1.84. The summed E-state index contributed by atoms with van der Waals surface area (Å²) in [6, 6.07) is 9.77. The van der Waals surface area contributed by atoms with Crippen LogP contribution < -0.4 is 5.32 Å². The van der Waals surface area contributed by atoms with Gasteiger partial charge in [-0.15, -0.1) is 11.3 Å². The van der Waals surface area contributed by atoms with Crippen molar-refractivity contribution in [1.29, 1.82) is 0 Å². The molecule has 0 saturated carbocycles. The number of rotatable bonds is 8. The first-order chi connectivity index (χ1) is 17.6. The van der Waals surface area contributed by atoms with E-state index in [2.05, 4.69) is 25.3 Å². The summed E-state index contributed by atoms with van der Waals surface area (Å²) < 4.78 is 5.63. The molecule has 2 amide bonds. The number of hydrogen-bond donors (Lipinski definition) is 2. The number of aromatic amines is 1. The molecule has 3 aromatic heterocycles. The number of aromatic nitrogens is 4. The van der Waals surface area contributed by atoms with E-state index in [-0.39, 0.29) is 15.3 Å². The van der Waals surface area contributed by atoms with Crippen LogP contribution in [0.4, 0.5) is 4.79 Å². The average Bonchev–Trinajstić information content (AvgIpc) is 3.46. The van der Waals surface area contributed by atoms with Gasteiger partial charge in [-0.25, -0.2) is 14.8 Å². The van der Waals surface area contributed by atoms with E-state index in [1.807, 2.05) is 65.0 Å². The Labute approximate surface area is 223 Å². The first-order valence-corrected chi connectivity index (χ1v) is 13.0. The van der Waals surface area contributed by atoms with Crippen molar-refractivity contribution in [3.8, 4) is 0 Å². The van der Waals surface area contributed by atoms with Crippen LogP contribution in [0.25, 0.3) is 11.0 Å². The number of thiazole rings is 1. The molecule has 0 atom stereocenters. The van der Waals surface area contributed by atoms with Gasteiger partial charge in [0.15, 0.2) is 0 Å². The standard InChI is InChI=1S/C27H32N6O3S.2H2/c1-17-12-18(2)21(28-13-17)14-29-25(34)22-16-37-24(32-22)10-11-33(26(35)36-27(3,4)5)15-23-30-19-8-6-7-9-20(19)31-23;;/h6-9,12-13,16H,10-11,14-15H2,1-5H3,(H,29,34)(H,30,31);2*1H. The maximum Gasteiger partial charge on any atom is 0.410 e. The maximum atomic E-state index is 13.0. The number of pyridine rings is 1. The van der Waals surface area contributed by atoms with Crippen molar-refractivity contribution in [2.45, 2.75) is 59.7 Å². The predicted octanol–water partition coefficient (Wildman–Crippen LogP) is 5.43. The lowest BCUT2D eigenvalue weighted by atomic mass is 10.1. The third-order valence-electron chi connectivity index (χ3n) is 5.55. The zero-order valence-electron chi connectivity index (χ0n) is 21.8. The van der Waals surface area contributed by atoms with Crippen molar-refractivity contribution >= 4 is 34.4 Å². The summed E-state index contributed by atoms with van der Waals surface area (Å²) in [5, 5.41) is 5.38. The second-order valence-electron chi connectivity index (χ2n) is 9.94. The maximum absolute atomic E-state index is 13.0. The Morgan fingerprint density at radius 3 is 2.70 bits per heavy atom. The highest BCUT2D eigenvalue weighted by Crippen LogP contribution is 2.17. The third kappa shape index (κ3) is 7.13. The molecule has 0 bridgehead atoms. The number of aryl methyl sites for hydroxylation is 2. The van der Waals surface area contributed by atoms with E-state index in [1.54, 1.807) is 16.5 Å². The molecule has 3 heterocycles. The number of H-pyrrole nitrogens is 1. The molecule has 1 aromatic carbocycles. The van der Waals surface area contributed by atoms with E-state index in [4.69, 9.17) is 4.74 Å². The van der Waals surface area contributed by atoms with Gasteiger partial charge in [-0.05, 0) is 57.9 Å². The topological polar surface area (TPSA) is 113 Å². The highest BCUT2D eigenvalue weighted by atomic mass is 32.1. The monoisotopic (exact) mass is 524 g/mol. The second-order valence-corrected chi connectivity index (χ2v) is 10.9. The van der Waals surface area contributed by atoms with Crippen molar-refractivity contribution in [3.63, 3.8) is 0 Å². The van der Waals surface area contributed by atoms with Gasteiger partial charge in [-0.3, -0.25) is 9.78 Å². The van der Waals surface area contributed by atoms with Crippen LogP contribution in [0.15, 0.2) is 41.9 Å². The normalized spacial score (nSPS) is 11.5. The molecular formula is C27H36N6O3S. The van der Waals surface area contributed by atoms with E-state index < -0.39 is 11.7 Å². The molecule has 9 nitrogen and oxygen atoms in total. The van der Waals surface area contributed by atoms with Crippen LogP contribution in [-0.2, 0) is 24.2 Å². The van der Waals surface area contributed by atoms with E-state index >= 15 is 0 Å². The number of carbonyl (C=O) groups is 2. The molecule has 37 heavy (non-hydrogen) atoms. The molecule has 4 aromatic rings. The Kier molecular flexibility index (Phi) is 7.87.